The van der Waals surface area contributed by atoms with E-state index in [9.17, 15) is 9.59 Å². The first-order chi connectivity index (χ1) is 12.8. The van der Waals surface area contributed by atoms with Crippen molar-refractivity contribution in [2.24, 2.45) is 0 Å². The first-order valence-corrected chi connectivity index (χ1v) is 9.23. The molecule has 1 atom stereocenters. The third-order valence-corrected chi connectivity index (χ3v) is 5.03. The molecule has 3 aromatic rings. The lowest BCUT2D eigenvalue weighted by molar-refractivity contribution is 0.0736. The van der Waals surface area contributed by atoms with Gasteiger partial charge in [0.25, 0.3) is 11.5 Å². The van der Waals surface area contributed by atoms with E-state index >= 15 is 0 Å². The van der Waals surface area contributed by atoms with Crippen LogP contribution in [-0.2, 0) is 0 Å². The lowest BCUT2D eigenvalue weighted by atomic mass is 10.1. The molecule has 0 N–H and O–H groups in total. The Morgan fingerprint density at radius 2 is 1.63 bits per heavy atom. The van der Waals surface area contributed by atoms with E-state index in [0.29, 0.717) is 15.8 Å². The Morgan fingerprint density at radius 1 is 1.04 bits per heavy atom. The molecule has 1 amide bonds. The molecule has 0 spiro atoms. The van der Waals surface area contributed by atoms with Crippen molar-refractivity contribution in [1.82, 2.24) is 14.7 Å². The van der Waals surface area contributed by atoms with Crippen molar-refractivity contribution in [3.8, 4) is 0 Å². The fourth-order valence-corrected chi connectivity index (χ4v) is 3.15. The van der Waals surface area contributed by atoms with Gasteiger partial charge in [-0.1, -0.05) is 41.9 Å². The number of aromatic nitrogens is 2. The van der Waals surface area contributed by atoms with Crippen LogP contribution in [0, 0.1) is 0 Å². The lowest BCUT2D eigenvalue weighted by Gasteiger charge is -2.26. The SMILES string of the molecule is CC(c1ccc(Cl)cc1)N(C)C(=O)c1nn(C(C)C)c(=O)c2ccccc12. The fourth-order valence-electron chi connectivity index (χ4n) is 3.02. The molecule has 27 heavy (non-hydrogen) atoms. The van der Waals surface area contributed by atoms with Crippen LogP contribution in [0.25, 0.3) is 10.8 Å². The van der Waals surface area contributed by atoms with Crippen LogP contribution < -0.4 is 5.56 Å². The van der Waals surface area contributed by atoms with E-state index in [0.717, 1.165) is 5.56 Å². The molecule has 0 aliphatic carbocycles. The van der Waals surface area contributed by atoms with E-state index in [-0.39, 0.29) is 29.2 Å². The summed E-state index contributed by atoms with van der Waals surface area (Å²) in [6.07, 6.45) is 0. The van der Waals surface area contributed by atoms with Crippen LogP contribution in [0.1, 0.15) is 48.9 Å². The van der Waals surface area contributed by atoms with Crippen molar-refractivity contribution >= 4 is 28.3 Å². The second-order valence-corrected chi connectivity index (χ2v) is 7.32. The monoisotopic (exact) mass is 383 g/mol. The van der Waals surface area contributed by atoms with Crippen LogP contribution >= 0.6 is 11.6 Å². The summed E-state index contributed by atoms with van der Waals surface area (Å²) < 4.78 is 1.37. The normalized spacial score (nSPS) is 12.4. The first-order valence-electron chi connectivity index (χ1n) is 8.85. The topological polar surface area (TPSA) is 55.2 Å². The maximum Gasteiger partial charge on any atom is 0.275 e. The van der Waals surface area contributed by atoms with Gasteiger partial charge in [-0.25, -0.2) is 4.68 Å². The molecular weight excluding hydrogens is 362 g/mol. The summed E-state index contributed by atoms with van der Waals surface area (Å²) in [7, 11) is 1.74. The molecule has 0 bridgehead atoms. The predicted octanol–water partition coefficient (Wildman–Crippen LogP) is 4.46. The summed E-state index contributed by atoms with van der Waals surface area (Å²) in [4.78, 5) is 27.5. The quantitative estimate of drug-likeness (QED) is 0.668. The largest absolute Gasteiger partial charge is 0.334 e. The molecule has 140 valence electrons. The van der Waals surface area contributed by atoms with Crippen molar-refractivity contribution in [2.75, 3.05) is 7.05 Å². The standard InChI is InChI=1S/C21H22ClN3O2/c1-13(2)25-20(26)18-8-6-5-7-17(18)19(23-25)21(27)24(4)14(3)15-9-11-16(22)12-10-15/h5-14H,1-4H3. The number of halogens is 1. The minimum Gasteiger partial charge on any atom is -0.334 e. The Kier molecular flexibility index (Phi) is 5.33. The molecule has 0 saturated carbocycles. The number of amides is 1. The highest BCUT2D eigenvalue weighted by Crippen LogP contribution is 2.24. The Bertz CT molecular complexity index is 1040. The van der Waals surface area contributed by atoms with Gasteiger partial charge in [-0.2, -0.15) is 5.10 Å². The van der Waals surface area contributed by atoms with Crippen LogP contribution in [0.5, 0.6) is 0 Å². The van der Waals surface area contributed by atoms with Gasteiger partial charge in [0.1, 0.15) is 0 Å². The van der Waals surface area contributed by atoms with E-state index < -0.39 is 0 Å². The summed E-state index contributed by atoms with van der Waals surface area (Å²) in [5.74, 6) is -0.233. The minimum atomic E-state index is -0.233. The van der Waals surface area contributed by atoms with E-state index in [1.807, 2.05) is 39.0 Å². The number of carbonyl (C=O) groups is 1. The highest BCUT2D eigenvalue weighted by Gasteiger charge is 2.24. The Hall–Kier alpha value is -2.66. The lowest BCUT2D eigenvalue weighted by Crippen LogP contribution is -2.34. The highest BCUT2D eigenvalue weighted by atomic mass is 35.5. The Balaban J connectivity index is 2.08. The number of hydrogen-bond acceptors (Lipinski definition) is 3. The van der Waals surface area contributed by atoms with Crippen molar-refractivity contribution in [3.05, 3.63) is 75.2 Å². The average molecular weight is 384 g/mol. The van der Waals surface area contributed by atoms with Gasteiger partial charge in [0, 0.05) is 17.5 Å². The molecule has 1 heterocycles. The number of carbonyl (C=O) groups excluding carboxylic acids is 1. The maximum absolute atomic E-state index is 13.2. The minimum absolute atomic E-state index is 0.146. The van der Waals surface area contributed by atoms with Crippen LogP contribution in [0.3, 0.4) is 0 Å². The van der Waals surface area contributed by atoms with E-state index in [4.69, 9.17) is 11.6 Å². The maximum atomic E-state index is 13.2. The summed E-state index contributed by atoms with van der Waals surface area (Å²) in [6, 6.07) is 14.2. The van der Waals surface area contributed by atoms with E-state index in [1.54, 1.807) is 42.3 Å². The number of fused-ring (bicyclic) bond motifs is 1. The molecule has 0 aliphatic heterocycles. The smallest absolute Gasteiger partial charge is 0.275 e. The number of benzene rings is 2. The molecule has 6 heteroatoms. The van der Waals surface area contributed by atoms with Gasteiger partial charge in [0.15, 0.2) is 5.69 Å². The molecule has 0 aliphatic rings. The fraction of sp³-hybridized carbons (Fsp3) is 0.286. The molecule has 0 radical (unpaired) electrons. The van der Waals surface area contributed by atoms with Crippen molar-refractivity contribution < 1.29 is 4.79 Å². The van der Waals surface area contributed by atoms with Crippen molar-refractivity contribution in [2.45, 2.75) is 32.9 Å². The molecule has 0 fully saturated rings. The van der Waals surface area contributed by atoms with Gasteiger partial charge in [-0.3, -0.25) is 9.59 Å². The summed E-state index contributed by atoms with van der Waals surface area (Å²) in [6.45, 7) is 5.69. The molecule has 3 rings (SSSR count). The third-order valence-electron chi connectivity index (χ3n) is 4.77. The Morgan fingerprint density at radius 3 is 2.22 bits per heavy atom. The molecule has 1 aromatic heterocycles. The Labute approximate surface area is 163 Å². The van der Waals surface area contributed by atoms with E-state index in [2.05, 4.69) is 5.10 Å². The van der Waals surface area contributed by atoms with Gasteiger partial charge in [0.2, 0.25) is 0 Å². The summed E-state index contributed by atoms with van der Waals surface area (Å²) in [5.41, 5.74) is 1.06. The van der Waals surface area contributed by atoms with Crippen LogP contribution in [-0.4, -0.2) is 27.6 Å². The molecule has 2 aromatic carbocycles. The number of nitrogens with zero attached hydrogens (tertiary/aromatic N) is 3. The average Bonchev–Trinajstić information content (AvgIpc) is 2.67. The first kappa shape index (κ1) is 19.1. The van der Waals surface area contributed by atoms with Gasteiger partial charge in [-0.05, 0) is 44.5 Å². The predicted molar refractivity (Wildman–Crippen MR) is 108 cm³/mol. The highest BCUT2D eigenvalue weighted by molar-refractivity contribution is 6.30. The van der Waals surface area contributed by atoms with Gasteiger partial charge >= 0.3 is 0 Å². The van der Waals surface area contributed by atoms with Crippen molar-refractivity contribution in [3.63, 3.8) is 0 Å². The molecular formula is C21H22ClN3O2. The number of hydrogen-bond donors (Lipinski definition) is 0. The van der Waals surface area contributed by atoms with E-state index in [1.165, 1.54) is 4.68 Å². The zero-order valence-electron chi connectivity index (χ0n) is 15.8. The summed E-state index contributed by atoms with van der Waals surface area (Å²) in [5, 5.41) is 6.12. The summed E-state index contributed by atoms with van der Waals surface area (Å²) >= 11 is 5.96. The number of rotatable bonds is 4. The van der Waals surface area contributed by atoms with Gasteiger partial charge in [-0.15, -0.1) is 0 Å². The molecule has 0 saturated heterocycles. The van der Waals surface area contributed by atoms with Crippen LogP contribution in [0.15, 0.2) is 53.3 Å². The third kappa shape index (κ3) is 3.60. The van der Waals surface area contributed by atoms with Gasteiger partial charge < -0.3 is 4.90 Å². The molecule has 5 nitrogen and oxygen atoms in total. The molecule has 1 unspecified atom stereocenters. The zero-order chi connectivity index (χ0) is 19.7. The second kappa shape index (κ2) is 7.53. The zero-order valence-corrected chi connectivity index (χ0v) is 16.6. The van der Waals surface area contributed by atoms with Crippen LogP contribution in [0.2, 0.25) is 5.02 Å². The van der Waals surface area contributed by atoms with Crippen LogP contribution in [0.4, 0.5) is 0 Å². The van der Waals surface area contributed by atoms with Gasteiger partial charge in [0.05, 0.1) is 17.5 Å². The second-order valence-electron chi connectivity index (χ2n) is 6.88. The van der Waals surface area contributed by atoms with Crippen molar-refractivity contribution in [1.29, 1.82) is 0 Å².